The summed E-state index contributed by atoms with van der Waals surface area (Å²) in [5, 5.41) is 4.77. The molecule has 0 fully saturated rings. The highest BCUT2D eigenvalue weighted by Gasteiger charge is 2.35. The molecule has 7 aromatic carbocycles. The van der Waals surface area contributed by atoms with Gasteiger partial charge in [0.1, 0.15) is 11.2 Å². The van der Waals surface area contributed by atoms with Gasteiger partial charge < -0.3 is 8.98 Å². The molecule has 2 heterocycles. The van der Waals surface area contributed by atoms with Crippen LogP contribution in [0.5, 0.6) is 0 Å². The normalized spacial score (nSPS) is 13.5. The summed E-state index contributed by atoms with van der Waals surface area (Å²) in [5.74, 6) is 0. The van der Waals surface area contributed by atoms with Crippen LogP contribution in [0.1, 0.15) is 25.0 Å². The van der Waals surface area contributed by atoms with Gasteiger partial charge in [-0.05, 0) is 87.0 Å². The van der Waals surface area contributed by atoms with Crippen molar-refractivity contribution in [3.8, 4) is 39.1 Å². The van der Waals surface area contributed by atoms with Crippen LogP contribution in [0.15, 0.2) is 156 Å². The van der Waals surface area contributed by atoms with E-state index < -0.39 is 0 Å². The van der Waals surface area contributed by atoms with E-state index in [4.69, 9.17) is 4.42 Å². The first-order chi connectivity index (χ1) is 23.1. The smallest absolute Gasteiger partial charge is 0.135 e. The van der Waals surface area contributed by atoms with Crippen molar-refractivity contribution in [3.05, 3.63) is 163 Å². The number of benzene rings is 7. The number of para-hydroxylation sites is 2. The van der Waals surface area contributed by atoms with Crippen molar-refractivity contribution in [3.63, 3.8) is 0 Å². The van der Waals surface area contributed by atoms with Crippen LogP contribution in [-0.2, 0) is 5.41 Å². The zero-order chi connectivity index (χ0) is 31.3. The van der Waals surface area contributed by atoms with E-state index in [0.29, 0.717) is 0 Å². The first-order valence-corrected chi connectivity index (χ1v) is 16.4. The quantitative estimate of drug-likeness (QED) is 0.197. The lowest BCUT2D eigenvalue weighted by molar-refractivity contribution is 0.660. The van der Waals surface area contributed by atoms with Gasteiger partial charge >= 0.3 is 0 Å². The molecule has 0 atom stereocenters. The molecule has 0 spiro atoms. The second kappa shape index (κ2) is 9.57. The average molecular weight is 602 g/mol. The number of fused-ring (bicyclic) bond motifs is 9. The molecule has 0 amide bonds. The Bertz CT molecular complexity index is 2720. The molecule has 0 aliphatic heterocycles. The van der Waals surface area contributed by atoms with E-state index in [9.17, 15) is 0 Å². The van der Waals surface area contributed by atoms with Gasteiger partial charge in [-0.3, -0.25) is 0 Å². The number of hydrogen-bond acceptors (Lipinski definition) is 1. The summed E-state index contributed by atoms with van der Waals surface area (Å²) in [6.07, 6.45) is 0. The van der Waals surface area contributed by atoms with Crippen LogP contribution < -0.4 is 0 Å². The molecule has 47 heavy (non-hydrogen) atoms. The highest BCUT2D eigenvalue weighted by Crippen LogP contribution is 2.50. The van der Waals surface area contributed by atoms with Crippen molar-refractivity contribution in [2.24, 2.45) is 0 Å². The molecule has 0 saturated carbocycles. The van der Waals surface area contributed by atoms with Crippen LogP contribution in [0.4, 0.5) is 0 Å². The first-order valence-electron chi connectivity index (χ1n) is 16.4. The molecule has 0 saturated heterocycles. The Morgan fingerprint density at radius 1 is 0.426 bits per heavy atom. The van der Waals surface area contributed by atoms with E-state index in [1.54, 1.807) is 0 Å². The molecule has 0 N–H and O–H groups in total. The minimum atomic E-state index is -0.0435. The Labute approximate surface area is 273 Å². The monoisotopic (exact) mass is 601 g/mol. The Balaban J connectivity index is 1.17. The van der Waals surface area contributed by atoms with Gasteiger partial charge in [-0.2, -0.15) is 0 Å². The van der Waals surface area contributed by atoms with Crippen LogP contribution in [0.3, 0.4) is 0 Å². The predicted octanol–water partition coefficient (Wildman–Crippen LogP) is 12.3. The minimum Gasteiger partial charge on any atom is -0.456 e. The summed E-state index contributed by atoms with van der Waals surface area (Å²) in [4.78, 5) is 0. The maximum atomic E-state index is 6.18. The van der Waals surface area contributed by atoms with Crippen LogP contribution >= 0.6 is 0 Å². The van der Waals surface area contributed by atoms with Crippen LogP contribution in [0.25, 0.3) is 82.8 Å². The molecule has 0 radical (unpaired) electrons. The van der Waals surface area contributed by atoms with Crippen molar-refractivity contribution >= 4 is 43.7 Å². The van der Waals surface area contributed by atoms with Gasteiger partial charge in [-0.25, -0.2) is 0 Å². The molecule has 1 aliphatic carbocycles. The maximum absolute atomic E-state index is 6.18. The summed E-state index contributed by atoms with van der Waals surface area (Å²) in [6, 6.07) is 55.3. The average Bonchev–Trinajstić information content (AvgIpc) is 3.73. The standard InChI is InChI=1S/C45H31NO/c1-45(2)39-16-8-5-13-33(39)34-22-19-28(25-40(34)45)31-11-3-4-12-32(31)29-20-23-36-35-14-6-9-17-41(35)46(42(36)26-29)30-21-24-44-38(27-30)37-15-7-10-18-43(37)47-44/h3-27H,1-2H3. The van der Waals surface area contributed by atoms with E-state index in [2.05, 4.69) is 158 Å². The van der Waals surface area contributed by atoms with Gasteiger partial charge in [0.25, 0.3) is 0 Å². The summed E-state index contributed by atoms with van der Waals surface area (Å²) in [7, 11) is 0. The summed E-state index contributed by atoms with van der Waals surface area (Å²) >= 11 is 0. The third kappa shape index (κ3) is 3.73. The highest BCUT2D eigenvalue weighted by molar-refractivity contribution is 6.11. The number of furan rings is 1. The molecular weight excluding hydrogens is 571 g/mol. The Hall–Kier alpha value is -5.86. The van der Waals surface area contributed by atoms with Crippen molar-refractivity contribution in [2.45, 2.75) is 19.3 Å². The highest BCUT2D eigenvalue weighted by atomic mass is 16.3. The fourth-order valence-corrected chi connectivity index (χ4v) is 8.13. The van der Waals surface area contributed by atoms with Gasteiger partial charge in [-0.15, -0.1) is 0 Å². The Kier molecular flexibility index (Phi) is 5.37. The molecule has 9 aromatic rings. The Morgan fingerprint density at radius 3 is 1.89 bits per heavy atom. The second-order valence-electron chi connectivity index (χ2n) is 13.3. The molecular formula is C45H31NO. The van der Waals surface area contributed by atoms with Crippen molar-refractivity contribution in [1.29, 1.82) is 0 Å². The Morgan fingerprint density at radius 2 is 1.04 bits per heavy atom. The predicted molar refractivity (Wildman–Crippen MR) is 196 cm³/mol. The molecule has 0 unspecified atom stereocenters. The number of nitrogens with zero attached hydrogens (tertiary/aromatic N) is 1. The molecule has 1 aliphatic rings. The third-order valence-corrected chi connectivity index (χ3v) is 10.4. The molecule has 2 aromatic heterocycles. The first kappa shape index (κ1) is 26.4. The topological polar surface area (TPSA) is 18.1 Å². The third-order valence-electron chi connectivity index (χ3n) is 10.4. The number of hydrogen-bond donors (Lipinski definition) is 0. The minimum absolute atomic E-state index is 0.0435. The molecule has 2 nitrogen and oxygen atoms in total. The molecule has 2 heteroatoms. The lowest BCUT2D eigenvalue weighted by atomic mass is 9.81. The fourth-order valence-electron chi connectivity index (χ4n) is 8.13. The van der Waals surface area contributed by atoms with Gasteiger partial charge in [-0.1, -0.05) is 123 Å². The second-order valence-corrected chi connectivity index (χ2v) is 13.3. The lowest BCUT2D eigenvalue weighted by Gasteiger charge is -2.22. The SMILES string of the molecule is CC1(C)c2ccccc2-c2ccc(-c3ccccc3-c3ccc4c5ccccc5n(-c5ccc6oc7ccccc7c6c5)c4c3)cc21. The molecule has 222 valence electrons. The van der Waals surface area contributed by atoms with E-state index in [-0.39, 0.29) is 5.41 Å². The van der Waals surface area contributed by atoms with Crippen molar-refractivity contribution in [1.82, 2.24) is 4.57 Å². The van der Waals surface area contributed by atoms with Gasteiger partial charge in [0.05, 0.1) is 11.0 Å². The summed E-state index contributed by atoms with van der Waals surface area (Å²) < 4.78 is 8.59. The molecule has 10 rings (SSSR count). The van der Waals surface area contributed by atoms with Crippen LogP contribution in [-0.4, -0.2) is 4.57 Å². The maximum Gasteiger partial charge on any atom is 0.135 e. The zero-order valence-corrected chi connectivity index (χ0v) is 26.3. The number of rotatable bonds is 3. The van der Waals surface area contributed by atoms with E-state index in [1.165, 1.54) is 66.3 Å². The summed E-state index contributed by atoms with van der Waals surface area (Å²) in [5.41, 5.74) is 15.7. The van der Waals surface area contributed by atoms with E-state index >= 15 is 0 Å². The van der Waals surface area contributed by atoms with Gasteiger partial charge in [0.2, 0.25) is 0 Å². The van der Waals surface area contributed by atoms with Gasteiger partial charge in [0.15, 0.2) is 0 Å². The fraction of sp³-hybridized carbons (Fsp3) is 0.0667. The van der Waals surface area contributed by atoms with Crippen LogP contribution in [0.2, 0.25) is 0 Å². The molecule has 0 bridgehead atoms. The lowest BCUT2D eigenvalue weighted by Crippen LogP contribution is -2.14. The number of aromatic nitrogens is 1. The van der Waals surface area contributed by atoms with E-state index in [0.717, 1.165) is 27.6 Å². The van der Waals surface area contributed by atoms with Crippen molar-refractivity contribution in [2.75, 3.05) is 0 Å². The zero-order valence-electron chi connectivity index (χ0n) is 26.3. The summed E-state index contributed by atoms with van der Waals surface area (Å²) in [6.45, 7) is 4.70. The van der Waals surface area contributed by atoms with Crippen molar-refractivity contribution < 1.29 is 4.42 Å². The largest absolute Gasteiger partial charge is 0.456 e. The van der Waals surface area contributed by atoms with Gasteiger partial charge in [0, 0.05) is 32.6 Å². The van der Waals surface area contributed by atoms with E-state index in [1.807, 2.05) is 12.1 Å². The van der Waals surface area contributed by atoms with Crippen LogP contribution in [0, 0.1) is 0 Å².